The molecule has 0 aliphatic carbocycles. The Kier molecular flexibility index (Phi) is 8.26. The first-order valence-electron chi connectivity index (χ1n) is 7.27. The third-order valence-corrected chi connectivity index (χ3v) is 2.76. The molecule has 114 valence electrons. The van der Waals surface area contributed by atoms with E-state index in [4.69, 9.17) is 9.47 Å². The van der Waals surface area contributed by atoms with Crippen LogP contribution in [0.4, 0.5) is 0 Å². The van der Waals surface area contributed by atoms with Crippen LogP contribution >= 0.6 is 0 Å². The molecule has 0 aliphatic heterocycles. The SMILES string of the molecule is CC(C)Oc1ccccc1CNCCOCCN(C)C. The Labute approximate surface area is 123 Å². The Morgan fingerprint density at radius 2 is 1.90 bits per heavy atom. The van der Waals surface area contributed by atoms with Crippen LogP contribution in [0.25, 0.3) is 0 Å². The van der Waals surface area contributed by atoms with Crippen LogP contribution in [0.15, 0.2) is 24.3 Å². The summed E-state index contributed by atoms with van der Waals surface area (Å²) in [6.07, 6.45) is 0.200. The van der Waals surface area contributed by atoms with Crippen LogP contribution in [0.1, 0.15) is 19.4 Å². The molecule has 0 radical (unpaired) electrons. The van der Waals surface area contributed by atoms with E-state index in [0.29, 0.717) is 0 Å². The molecule has 0 saturated heterocycles. The lowest BCUT2D eigenvalue weighted by atomic mass is 10.2. The van der Waals surface area contributed by atoms with Gasteiger partial charge in [-0.2, -0.15) is 0 Å². The van der Waals surface area contributed by atoms with Gasteiger partial charge in [0.15, 0.2) is 0 Å². The zero-order valence-electron chi connectivity index (χ0n) is 13.2. The van der Waals surface area contributed by atoms with Gasteiger partial charge in [-0.05, 0) is 34.0 Å². The number of nitrogens with one attached hydrogen (secondary N) is 1. The fraction of sp³-hybridized carbons (Fsp3) is 0.625. The second-order valence-electron chi connectivity index (χ2n) is 5.37. The number of hydrogen-bond acceptors (Lipinski definition) is 4. The Bertz CT molecular complexity index is 367. The normalized spacial score (nSPS) is 11.3. The van der Waals surface area contributed by atoms with Gasteiger partial charge in [0.05, 0.1) is 19.3 Å². The van der Waals surface area contributed by atoms with Crippen molar-refractivity contribution >= 4 is 0 Å². The van der Waals surface area contributed by atoms with Crippen molar-refractivity contribution in [1.82, 2.24) is 10.2 Å². The van der Waals surface area contributed by atoms with Crippen molar-refractivity contribution in [3.05, 3.63) is 29.8 Å². The van der Waals surface area contributed by atoms with E-state index in [1.165, 1.54) is 5.56 Å². The minimum atomic E-state index is 0.200. The summed E-state index contributed by atoms with van der Waals surface area (Å²) in [4.78, 5) is 2.12. The van der Waals surface area contributed by atoms with Crippen molar-refractivity contribution in [2.75, 3.05) is 40.4 Å². The minimum absolute atomic E-state index is 0.200. The second kappa shape index (κ2) is 9.75. The highest BCUT2D eigenvalue weighted by atomic mass is 16.5. The summed E-state index contributed by atoms with van der Waals surface area (Å²) in [5, 5.41) is 3.38. The number of benzene rings is 1. The summed E-state index contributed by atoms with van der Waals surface area (Å²) in [6.45, 7) is 8.23. The van der Waals surface area contributed by atoms with Gasteiger partial charge in [0.2, 0.25) is 0 Å². The van der Waals surface area contributed by atoms with Crippen molar-refractivity contribution < 1.29 is 9.47 Å². The van der Waals surface area contributed by atoms with E-state index in [-0.39, 0.29) is 6.10 Å². The van der Waals surface area contributed by atoms with Gasteiger partial charge in [0.25, 0.3) is 0 Å². The van der Waals surface area contributed by atoms with E-state index < -0.39 is 0 Å². The first-order chi connectivity index (χ1) is 9.59. The molecule has 0 saturated carbocycles. The van der Waals surface area contributed by atoms with E-state index >= 15 is 0 Å². The zero-order chi connectivity index (χ0) is 14.8. The average molecular weight is 280 g/mol. The Morgan fingerprint density at radius 1 is 1.15 bits per heavy atom. The lowest BCUT2D eigenvalue weighted by Gasteiger charge is -2.15. The number of nitrogens with zero attached hydrogens (tertiary/aromatic N) is 1. The maximum absolute atomic E-state index is 5.79. The molecule has 0 amide bonds. The summed E-state index contributed by atoms with van der Waals surface area (Å²) < 4.78 is 11.3. The molecule has 0 atom stereocenters. The monoisotopic (exact) mass is 280 g/mol. The van der Waals surface area contributed by atoms with Crippen LogP contribution < -0.4 is 10.1 Å². The predicted octanol–water partition coefficient (Wildman–Crippen LogP) is 2.14. The highest BCUT2D eigenvalue weighted by Gasteiger charge is 2.04. The summed E-state index contributed by atoms with van der Waals surface area (Å²) >= 11 is 0. The van der Waals surface area contributed by atoms with Gasteiger partial charge in [-0.15, -0.1) is 0 Å². The fourth-order valence-electron chi connectivity index (χ4n) is 1.74. The number of hydrogen-bond donors (Lipinski definition) is 1. The average Bonchev–Trinajstić information content (AvgIpc) is 2.38. The summed E-state index contributed by atoms with van der Waals surface area (Å²) in [7, 11) is 4.10. The molecule has 1 aromatic rings. The van der Waals surface area contributed by atoms with E-state index in [9.17, 15) is 0 Å². The molecule has 1 aromatic carbocycles. The number of ether oxygens (including phenoxy) is 2. The molecule has 1 rings (SSSR count). The molecule has 4 heteroatoms. The van der Waals surface area contributed by atoms with Crippen LogP contribution in [-0.2, 0) is 11.3 Å². The molecule has 4 nitrogen and oxygen atoms in total. The highest BCUT2D eigenvalue weighted by molar-refractivity contribution is 5.33. The van der Waals surface area contributed by atoms with Gasteiger partial charge in [-0.25, -0.2) is 0 Å². The van der Waals surface area contributed by atoms with Crippen molar-refractivity contribution in [3.63, 3.8) is 0 Å². The van der Waals surface area contributed by atoms with Gasteiger partial charge < -0.3 is 19.7 Å². The number of likely N-dealkylation sites (N-methyl/N-ethyl adjacent to an activating group) is 1. The minimum Gasteiger partial charge on any atom is -0.491 e. The molecular formula is C16H28N2O2. The van der Waals surface area contributed by atoms with E-state index in [0.717, 1.165) is 38.6 Å². The second-order valence-corrected chi connectivity index (χ2v) is 5.37. The largest absolute Gasteiger partial charge is 0.491 e. The summed E-state index contributed by atoms with van der Waals surface area (Å²) in [5.74, 6) is 0.962. The van der Waals surface area contributed by atoms with E-state index in [1.54, 1.807) is 0 Å². The van der Waals surface area contributed by atoms with Crippen LogP contribution in [0.5, 0.6) is 5.75 Å². The maximum atomic E-state index is 5.79. The van der Waals surface area contributed by atoms with Crippen LogP contribution in [0.3, 0.4) is 0 Å². The molecule has 0 aromatic heterocycles. The highest BCUT2D eigenvalue weighted by Crippen LogP contribution is 2.18. The van der Waals surface area contributed by atoms with Crippen molar-refractivity contribution in [3.8, 4) is 5.75 Å². The lowest BCUT2D eigenvalue weighted by Crippen LogP contribution is -2.23. The van der Waals surface area contributed by atoms with Crippen molar-refractivity contribution in [2.45, 2.75) is 26.5 Å². The van der Waals surface area contributed by atoms with Gasteiger partial charge in [-0.1, -0.05) is 18.2 Å². The third-order valence-electron chi connectivity index (χ3n) is 2.76. The summed E-state index contributed by atoms with van der Waals surface area (Å²) in [6, 6.07) is 8.16. The van der Waals surface area contributed by atoms with Gasteiger partial charge in [-0.3, -0.25) is 0 Å². The molecule has 1 N–H and O–H groups in total. The van der Waals surface area contributed by atoms with E-state index in [1.807, 2.05) is 46.1 Å². The topological polar surface area (TPSA) is 33.7 Å². The molecular weight excluding hydrogens is 252 g/mol. The molecule has 0 unspecified atom stereocenters. The first kappa shape index (κ1) is 17.0. The molecule has 0 spiro atoms. The van der Waals surface area contributed by atoms with E-state index in [2.05, 4.69) is 16.3 Å². The standard InChI is InChI=1S/C16H28N2O2/c1-14(2)20-16-8-6-5-7-15(16)13-17-9-11-19-12-10-18(3)4/h5-8,14,17H,9-13H2,1-4H3. The van der Waals surface area contributed by atoms with Gasteiger partial charge >= 0.3 is 0 Å². The Hall–Kier alpha value is -1.10. The van der Waals surface area contributed by atoms with Crippen molar-refractivity contribution in [1.29, 1.82) is 0 Å². The van der Waals surface area contributed by atoms with Crippen LogP contribution in [-0.4, -0.2) is 51.4 Å². The van der Waals surface area contributed by atoms with Gasteiger partial charge in [0, 0.05) is 25.2 Å². The molecule has 0 fully saturated rings. The quantitative estimate of drug-likeness (QED) is 0.666. The third kappa shape index (κ3) is 7.48. The van der Waals surface area contributed by atoms with Crippen molar-refractivity contribution in [2.24, 2.45) is 0 Å². The van der Waals surface area contributed by atoms with Crippen LogP contribution in [0.2, 0.25) is 0 Å². The maximum Gasteiger partial charge on any atom is 0.124 e. The van der Waals surface area contributed by atoms with Crippen LogP contribution in [0, 0.1) is 0 Å². The Balaban J connectivity index is 2.21. The fourth-order valence-corrected chi connectivity index (χ4v) is 1.74. The smallest absolute Gasteiger partial charge is 0.124 e. The molecule has 0 bridgehead atoms. The molecule has 0 heterocycles. The van der Waals surface area contributed by atoms with Gasteiger partial charge in [0.1, 0.15) is 5.75 Å². The molecule has 20 heavy (non-hydrogen) atoms. The number of rotatable bonds is 10. The number of para-hydroxylation sites is 1. The zero-order valence-corrected chi connectivity index (χ0v) is 13.2. The Morgan fingerprint density at radius 3 is 2.60 bits per heavy atom. The molecule has 0 aliphatic rings. The lowest BCUT2D eigenvalue weighted by molar-refractivity contribution is 0.119. The summed E-state index contributed by atoms with van der Waals surface area (Å²) in [5.41, 5.74) is 1.19. The first-order valence-corrected chi connectivity index (χ1v) is 7.27. The predicted molar refractivity (Wildman–Crippen MR) is 83.3 cm³/mol.